The fourth-order valence-corrected chi connectivity index (χ4v) is 3.36. The Kier molecular flexibility index (Phi) is 6.88. The molecule has 0 unspecified atom stereocenters. The Hall–Kier alpha value is -3.87. The van der Waals surface area contributed by atoms with Crippen LogP contribution in [0.25, 0.3) is 10.8 Å². The van der Waals surface area contributed by atoms with Gasteiger partial charge in [0.2, 0.25) is 0 Å². The van der Waals surface area contributed by atoms with Crippen molar-refractivity contribution in [3.05, 3.63) is 71.8 Å². The van der Waals surface area contributed by atoms with Gasteiger partial charge in [-0.1, -0.05) is 37.3 Å². The summed E-state index contributed by atoms with van der Waals surface area (Å²) in [6.45, 7) is 2.08. The summed E-state index contributed by atoms with van der Waals surface area (Å²) in [5, 5.41) is 7.46. The van der Waals surface area contributed by atoms with Crippen LogP contribution in [0, 0.1) is 0 Å². The van der Waals surface area contributed by atoms with Crippen molar-refractivity contribution in [1.29, 1.82) is 0 Å². The summed E-state index contributed by atoms with van der Waals surface area (Å²) in [5.41, 5.74) is 1.11. The van der Waals surface area contributed by atoms with Crippen molar-refractivity contribution in [1.82, 2.24) is 5.32 Å². The predicted octanol–water partition coefficient (Wildman–Crippen LogP) is 4.32. The minimum absolute atomic E-state index is 0.173. The third kappa shape index (κ3) is 5.88. The standard InChI is InChI=1S/C26H26N2O5/c1-2-12-32-26(31)19-8-5-9-21(13-19)28-25(30)22-14-17-6-3-4-7-18(17)15-23(22)33-16-24(29)27-20-10-11-20/h3-9,13-15,20H,2,10-12,16H2,1H3,(H,27,29)(H,28,30). The van der Waals surface area contributed by atoms with Gasteiger partial charge in [-0.3, -0.25) is 9.59 Å². The number of benzene rings is 3. The fourth-order valence-electron chi connectivity index (χ4n) is 3.36. The van der Waals surface area contributed by atoms with Gasteiger partial charge in [0.05, 0.1) is 17.7 Å². The van der Waals surface area contributed by atoms with E-state index >= 15 is 0 Å². The molecule has 0 aromatic heterocycles. The first-order valence-corrected chi connectivity index (χ1v) is 11.1. The van der Waals surface area contributed by atoms with Gasteiger partial charge in [0.15, 0.2) is 6.61 Å². The number of ether oxygens (including phenoxy) is 2. The molecule has 0 atom stereocenters. The molecule has 0 radical (unpaired) electrons. The zero-order chi connectivity index (χ0) is 23.2. The van der Waals surface area contributed by atoms with E-state index in [4.69, 9.17) is 9.47 Å². The summed E-state index contributed by atoms with van der Waals surface area (Å²) in [5.74, 6) is -0.743. The highest BCUT2D eigenvalue weighted by atomic mass is 16.5. The number of nitrogens with one attached hydrogen (secondary N) is 2. The van der Waals surface area contributed by atoms with Crippen LogP contribution in [0.2, 0.25) is 0 Å². The predicted molar refractivity (Wildman–Crippen MR) is 126 cm³/mol. The molecule has 0 aliphatic heterocycles. The van der Waals surface area contributed by atoms with Crippen molar-refractivity contribution in [2.45, 2.75) is 32.2 Å². The van der Waals surface area contributed by atoms with Crippen molar-refractivity contribution in [3.63, 3.8) is 0 Å². The van der Waals surface area contributed by atoms with E-state index in [0.717, 1.165) is 30.0 Å². The fraction of sp³-hybridized carbons (Fsp3) is 0.269. The molecule has 0 saturated heterocycles. The Morgan fingerprint density at radius 2 is 1.73 bits per heavy atom. The summed E-state index contributed by atoms with van der Waals surface area (Å²) in [6, 6.07) is 17.9. The normalized spacial score (nSPS) is 12.8. The molecule has 7 heteroatoms. The van der Waals surface area contributed by atoms with E-state index in [1.54, 1.807) is 36.4 Å². The summed E-state index contributed by atoms with van der Waals surface area (Å²) in [4.78, 5) is 37.4. The van der Waals surface area contributed by atoms with E-state index in [1.165, 1.54) is 0 Å². The molecule has 3 aromatic rings. The average Bonchev–Trinajstić information content (AvgIpc) is 3.64. The van der Waals surface area contributed by atoms with Crippen LogP contribution in [-0.2, 0) is 9.53 Å². The van der Waals surface area contributed by atoms with Crippen LogP contribution >= 0.6 is 0 Å². The Labute approximate surface area is 192 Å². The van der Waals surface area contributed by atoms with Gasteiger partial charge < -0.3 is 20.1 Å². The second-order valence-corrected chi connectivity index (χ2v) is 8.00. The first-order valence-electron chi connectivity index (χ1n) is 11.1. The molecule has 1 saturated carbocycles. The number of amides is 2. The van der Waals surface area contributed by atoms with E-state index in [0.29, 0.717) is 29.2 Å². The van der Waals surface area contributed by atoms with Gasteiger partial charge in [-0.15, -0.1) is 0 Å². The van der Waals surface area contributed by atoms with Crippen molar-refractivity contribution in [3.8, 4) is 5.75 Å². The maximum absolute atomic E-state index is 13.2. The Bertz CT molecular complexity index is 1190. The van der Waals surface area contributed by atoms with E-state index < -0.39 is 11.9 Å². The molecule has 1 aliphatic carbocycles. The zero-order valence-corrected chi connectivity index (χ0v) is 18.4. The Balaban J connectivity index is 1.54. The quantitative estimate of drug-likeness (QED) is 0.478. The number of hydrogen-bond acceptors (Lipinski definition) is 5. The topological polar surface area (TPSA) is 93.7 Å². The molecule has 33 heavy (non-hydrogen) atoms. The molecular formula is C26H26N2O5. The van der Waals surface area contributed by atoms with Gasteiger partial charge in [0, 0.05) is 11.7 Å². The average molecular weight is 447 g/mol. The minimum Gasteiger partial charge on any atom is -0.483 e. The number of rotatable bonds is 9. The van der Waals surface area contributed by atoms with Gasteiger partial charge in [-0.05, 0) is 60.4 Å². The van der Waals surface area contributed by atoms with E-state index in [1.807, 2.05) is 31.2 Å². The maximum atomic E-state index is 13.2. The van der Waals surface area contributed by atoms with Crippen LogP contribution in [0.5, 0.6) is 5.75 Å². The molecule has 0 heterocycles. The molecule has 170 valence electrons. The van der Waals surface area contributed by atoms with E-state index in [2.05, 4.69) is 10.6 Å². The van der Waals surface area contributed by atoms with Crippen molar-refractivity contribution >= 4 is 34.2 Å². The van der Waals surface area contributed by atoms with Crippen LogP contribution in [0.1, 0.15) is 46.9 Å². The Morgan fingerprint density at radius 1 is 0.970 bits per heavy atom. The molecule has 4 rings (SSSR count). The summed E-state index contributed by atoms with van der Waals surface area (Å²) in [7, 11) is 0. The smallest absolute Gasteiger partial charge is 0.338 e. The molecule has 2 N–H and O–H groups in total. The second-order valence-electron chi connectivity index (χ2n) is 8.00. The molecule has 3 aromatic carbocycles. The highest BCUT2D eigenvalue weighted by Gasteiger charge is 2.24. The van der Waals surface area contributed by atoms with Crippen LogP contribution in [0.15, 0.2) is 60.7 Å². The number of fused-ring (bicyclic) bond motifs is 1. The number of esters is 1. The van der Waals surface area contributed by atoms with Crippen LogP contribution < -0.4 is 15.4 Å². The van der Waals surface area contributed by atoms with Gasteiger partial charge >= 0.3 is 5.97 Å². The van der Waals surface area contributed by atoms with Crippen LogP contribution in [0.4, 0.5) is 5.69 Å². The van der Waals surface area contributed by atoms with Crippen LogP contribution in [0.3, 0.4) is 0 Å². The largest absolute Gasteiger partial charge is 0.483 e. The number of carbonyl (C=O) groups excluding carboxylic acids is 3. The highest BCUT2D eigenvalue weighted by Crippen LogP contribution is 2.27. The lowest BCUT2D eigenvalue weighted by Crippen LogP contribution is -2.30. The molecule has 2 amide bonds. The minimum atomic E-state index is -0.440. The van der Waals surface area contributed by atoms with Crippen molar-refractivity contribution in [2.24, 2.45) is 0 Å². The number of anilines is 1. The van der Waals surface area contributed by atoms with E-state index in [9.17, 15) is 14.4 Å². The highest BCUT2D eigenvalue weighted by molar-refractivity contribution is 6.09. The SMILES string of the molecule is CCCOC(=O)c1cccc(NC(=O)c2cc3ccccc3cc2OCC(=O)NC2CC2)c1. The molecule has 0 spiro atoms. The first-order chi connectivity index (χ1) is 16.0. The summed E-state index contributed by atoms with van der Waals surface area (Å²) in [6.07, 6.45) is 2.70. The lowest BCUT2D eigenvalue weighted by atomic mass is 10.0. The third-order valence-corrected chi connectivity index (χ3v) is 5.19. The van der Waals surface area contributed by atoms with Gasteiger partial charge in [-0.2, -0.15) is 0 Å². The number of carbonyl (C=O) groups is 3. The summed E-state index contributed by atoms with van der Waals surface area (Å²) >= 11 is 0. The monoisotopic (exact) mass is 446 g/mol. The summed E-state index contributed by atoms with van der Waals surface area (Å²) < 4.78 is 10.9. The molecule has 1 fully saturated rings. The first kappa shape index (κ1) is 22.3. The maximum Gasteiger partial charge on any atom is 0.338 e. The number of hydrogen-bond donors (Lipinski definition) is 2. The van der Waals surface area contributed by atoms with Crippen LogP contribution in [-0.4, -0.2) is 37.0 Å². The van der Waals surface area contributed by atoms with Crippen molar-refractivity contribution in [2.75, 3.05) is 18.5 Å². The van der Waals surface area contributed by atoms with E-state index in [-0.39, 0.29) is 18.6 Å². The van der Waals surface area contributed by atoms with Gasteiger partial charge in [-0.25, -0.2) is 4.79 Å². The second kappa shape index (κ2) is 10.2. The molecule has 1 aliphatic rings. The third-order valence-electron chi connectivity index (χ3n) is 5.19. The Morgan fingerprint density at radius 3 is 2.45 bits per heavy atom. The zero-order valence-electron chi connectivity index (χ0n) is 18.4. The van der Waals surface area contributed by atoms with Gasteiger partial charge in [0.1, 0.15) is 5.75 Å². The van der Waals surface area contributed by atoms with Crippen molar-refractivity contribution < 1.29 is 23.9 Å². The molecule has 0 bridgehead atoms. The molecular weight excluding hydrogens is 420 g/mol. The lowest BCUT2D eigenvalue weighted by molar-refractivity contribution is -0.123. The lowest BCUT2D eigenvalue weighted by Gasteiger charge is -2.14. The molecule has 7 nitrogen and oxygen atoms in total. The van der Waals surface area contributed by atoms with Gasteiger partial charge in [0.25, 0.3) is 11.8 Å².